The number of carbonyl (C=O) groups is 2. The molecule has 0 aliphatic carbocycles. The van der Waals surface area contributed by atoms with Gasteiger partial charge in [-0.05, 0) is 72.7 Å². The Morgan fingerprint density at radius 1 is 1.26 bits per heavy atom. The molecule has 0 radical (unpaired) electrons. The molecule has 1 atom stereocenters. The SMILES string of the molecule is NCCCCC(NC(=O)c1ccc(I)cc1)C(=O)O. The highest BCUT2D eigenvalue weighted by atomic mass is 127. The summed E-state index contributed by atoms with van der Waals surface area (Å²) in [6.45, 7) is 0.525. The largest absolute Gasteiger partial charge is 0.480 e. The highest BCUT2D eigenvalue weighted by molar-refractivity contribution is 14.1. The Morgan fingerprint density at radius 3 is 2.42 bits per heavy atom. The predicted molar refractivity (Wildman–Crippen MR) is 81.0 cm³/mol. The van der Waals surface area contributed by atoms with Crippen LogP contribution in [0.25, 0.3) is 0 Å². The van der Waals surface area contributed by atoms with Gasteiger partial charge in [0, 0.05) is 9.13 Å². The normalized spacial score (nSPS) is 11.9. The van der Waals surface area contributed by atoms with Crippen LogP contribution in [0.15, 0.2) is 24.3 Å². The molecule has 1 unspecified atom stereocenters. The average molecular weight is 376 g/mol. The minimum absolute atomic E-state index is 0.364. The molecule has 1 aromatic rings. The molecular weight excluding hydrogens is 359 g/mol. The Bertz CT molecular complexity index is 434. The van der Waals surface area contributed by atoms with E-state index < -0.39 is 12.0 Å². The first-order valence-electron chi connectivity index (χ1n) is 6.04. The molecule has 5 nitrogen and oxygen atoms in total. The van der Waals surface area contributed by atoms with Crippen molar-refractivity contribution in [2.75, 3.05) is 6.54 Å². The molecule has 1 rings (SSSR count). The van der Waals surface area contributed by atoms with Gasteiger partial charge in [-0.2, -0.15) is 0 Å². The molecule has 0 fully saturated rings. The van der Waals surface area contributed by atoms with Crippen LogP contribution in [0.1, 0.15) is 29.6 Å². The number of carbonyl (C=O) groups excluding carboxylic acids is 1. The average Bonchev–Trinajstić information content (AvgIpc) is 2.38. The van der Waals surface area contributed by atoms with Crippen LogP contribution in [-0.2, 0) is 4.79 Å². The molecule has 19 heavy (non-hydrogen) atoms. The molecule has 1 aromatic carbocycles. The van der Waals surface area contributed by atoms with E-state index in [0.29, 0.717) is 24.9 Å². The second-order valence-corrected chi connectivity index (χ2v) is 5.40. The molecule has 0 heterocycles. The first-order chi connectivity index (χ1) is 9.04. The second-order valence-electron chi connectivity index (χ2n) is 4.16. The zero-order valence-electron chi connectivity index (χ0n) is 10.4. The monoisotopic (exact) mass is 376 g/mol. The third kappa shape index (κ3) is 5.56. The van der Waals surface area contributed by atoms with E-state index in [0.717, 1.165) is 9.99 Å². The van der Waals surface area contributed by atoms with Crippen LogP contribution >= 0.6 is 22.6 Å². The number of amides is 1. The van der Waals surface area contributed by atoms with Crippen LogP contribution in [-0.4, -0.2) is 29.6 Å². The Morgan fingerprint density at radius 2 is 1.89 bits per heavy atom. The second kappa shape index (κ2) is 8.11. The molecule has 0 saturated heterocycles. The number of nitrogens with two attached hydrogens (primary N) is 1. The first kappa shape index (κ1) is 15.9. The van der Waals surface area contributed by atoms with E-state index in [1.807, 2.05) is 0 Å². The Kier molecular flexibility index (Phi) is 6.79. The molecule has 6 heteroatoms. The zero-order valence-corrected chi connectivity index (χ0v) is 12.6. The van der Waals surface area contributed by atoms with Gasteiger partial charge in [0.25, 0.3) is 5.91 Å². The quantitative estimate of drug-likeness (QED) is 0.498. The summed E-state index contributed by atoms with van der Waals surface area (Å²) in [5.74, 6) is -1.38. The van der Waals surface area contributed by atoms with Crippen LogP contribution in [0.5, 0.6) is 0 Å². The van der Waals surface area contributed by atoms with Gasteiger partial charge in [0.2, 0.25) is 0 Å². The van der Waals surface area contributed by atoms with E-state index in [1.165, 1.54) is 0 Å². The van der Waals surface area contributed by atoms with Crippen molar-refractivity contribution in [3.05, 3.63) is 33.4 Å². The van der Waals surface area contributed by atoms with Gasteiger partial charge in [-0.3, -0.25) is 4.79 Å². The van der Waals surface area contributed by atoms with Gasteiger partial charge in [-0.15, -0.1) is 0 Å². The highest BCUT2D eigenvalue weighted by Crippen LogP contribution is 2.08. The molecule has 0 aliphatic rings. The molecule has 4 N–H and O–H groups in total. The zero-order chi connectivity index (χ0) is 14.3. The topological polar surface area (TPSA) is 92.4 Å². The van der Waals surface area contributed by atoms with Gasteiger partial charge < -0.3 is 16.2 Å². The minimum Gasteiger partial charge on any atom is -0.480 e. The molecule has 104 valence electrons. The summed E-state index contributed by atoms with van der Waals surface area (Å²) >= 11 is 2.14. The van der Waals surface area contributed by atoms with E-state index in [1.54, 1.807) is 24.3 Å². The predicted octanol–water partition coefficient (Wildman–Crippen LogP) is 1.60. The van der Waals surface area contributed by atoms with Crippen molar-refractivity contribution in [3.8, 4) is 0 Å². The maximum atomic E-state index is 11.9. The van der Waals surface area contributed by atoms with Crippen LogP contribution in [0.4, 0.5) is 0 Å². The van der Waals surface area contributed by atoms with E-state index in [4.69, 9.17) is 10.8 Å². The third-order valence-electron chi connectivity index (χ3n) is 2.66. The fourth-order valence-corrected chi connectivity index (χ4v) is 1.95. The van der Waals surface area contributed by atoms with Crippen molar-refractivity contribution < 1.29 is 14.7 Å². The van der Waals surface area contributed by atoms with E-state index in [2.05, 4.69) is 27.9 Å². The number of unbranched alkanes of at least 4 members (excludes halogenated alkanes) is 1. The van der Waals surface area contributed by atoms with Gasteiger partial charge >= 0.3 is 5.97 Å². The molecule has 0 aromatic heterocycles. The lowest BCUT2D eigenvalue weighted by atomic mass is 10.1. The van der Waals surface area contributed by atoms with Crippen molar-refractivity contribution in [1.29, 1.82) is 0 Å². The summed E-state index contributed by atoms with van der Waals surface area (Å²) in [6.07, 6.45) is 1.83. The van der Waals surface area contributed by atoms with Crippen molar-refractivity contribution in [1.82, 2.24) is 5.32 Å². The minimum atomic E-state index is -1.02. The maximum Gasteiger partial charge on any atom is 0.326 e. The Labute approximate surface area is 125 Å². The Balaban J connectivity index is 2.60. The van der Waals surface area contributed by atoms with Gasteiger partial charge in [0.15, 0.2) is 0 Å². The van der Waals surface area contributed by atoms with Gasteiger partial charge in [-0.25, -0.2) is 4.79 Å². The summed E-state index contributed by atoms with van der Waals surface area (Å²) in [4.78, 5) is 23.0. The maximum absolute atomic E-state index is 11.9. The van der Waals surface area contributed by atoms with Crippen molar-refractivity contribution >= 4 is 34.5 Å². The molecule has 0 spiro atoms. The van der Waals surface area contributed by atoms with Crippen molar-refractivity contribution in [2.45, 2.75) is 25.3 Å². The molecule has 0 bridgehead atoms. The molecular formula is C13H17IN2O3. The summed E-state index contributed by atoms with van der Waals surface area (Å²) in [7, 11) is 0. The van der Waals surface area contributed by atoms with E-state index in [-0.39, 0.29) is 5.91 Å². The molecule has 0 aliphatic heterocycles. The van der Waals surface area contributed by atoms with Crippen LogP contribution in [0, 0.1) is 3.57 Å². The summed E-state index contributed by atoms with van der Waals surface area (Å²) in [5, 5.41) is 11.6. The van der Waals surface area contributed by atoms with Crippen LogP contribution < -0.4 is 11.1 Å². The lowest BCUT2D eigenvalue weighted by Gasteiger charge is -2.14. The molecule has 1 amide bonds. The number of hydrogen-bond acceptors (Lipinski definition) is 3. The van der Waals surface area contributed by atoms with Gasteiger partial charge in [-0.1, -0.05) is 0 Å². The smallest absolute Gasteiger partial charge is 0.326 e. The summed E-state index contributed by atoms with van der Waals surface area (Å²) in [5.41, 5.74) is 5.83. The standard InChI is InChI=1S/C13H17IN2O3/c14-10-6-4-9(5-7-10)12(17)16-11(13(18)19)3-1-2-8-15/h4-7,11H,1-3,8,15H2,(H,16,17)(H,18,19). The lowest BCUT2D eigenvalue weighted by molar-refractivity contribution is -0.139. The number of benzene rings is 1. The van der Waals surface area contributed by atoms with E-state index >= 15 is 0 Å². The van der Waals surface area contributed by atoms with Crippen LogP contribution in [0.3, 0.4) is 0 Å². The number of carboxylic acid groups (broad SMARTS) is 1. The van der Waals surface area contributed by atoms with Crippen LogP contribution in [0.2, 0.25) is 0 Å². The fourth-order valence-electron chi connectivity index (χ4n) is 1.59. The molecule has 0 saturated carbocycles. The van der Waals surface area contributed by atoms with Gasteiger partial charge in [0.1, 0.15) is 6.04 Å². The number of aliphatic carboxylic acids is 1. The number of nitrogens with one attached hydrogen (secondary N) is 1. The van der Waals surface area contributed by atoms with Gasteiger partial charge in [0.05, 0.1) is 0 Å². The third-order valence-corrected chi connectivity index (χ3v) is 3.38. The summed E-state index contributed by atoms with van der Waals surface area (Å²) in [6, 6.07) is 6.10. The number of carboxylic acids is 1. The summed E-state index contributed by atoms with van der Waals surface area (Å²) < 4.78 is 1.02. The number of halogens is 1. The van der Waals surface area contributed by atoms with Crippen molar-refractivity contribution in [2.24, 2.45) is 5.73 Å². The Hall–Kier alpha value is -1.15. The first-order valence-corrected chi connectivity index (χ1v) is 7.11. The number of rotatable bonds is 7. The number of hydrogen-bond donors (Lipinski definition) is 3. The van der Waals surface area contributed by atoms with Crippen molar-refractivity contribution in [3.63, 3.8) is 0 Å². The highest BCUT2D eigenvalue weighted by Gasteiger charge is 2.19. The van der Waals surface area contributed by atoms with E-state index in [9.17, 15) is 9.59 Å². The lowest BCUT2D eigenvalue weighted by Crippen LogP contribution is -2.40. The fraction of sp³-hybridized carbons (Fsp3) is 0.385.